The summed E-state index contributed by atoms with van der Waals surface area (Å²) in [6, 6.07) is 0. The van der Waals surface area contributed by atoms with Crippen LogP contribution < -0.4 is 0 Å². The van der Waals surface area contributed by atoms with Gasteiger partial charge in [0.2, 0.25) is 0 Å². The first-order valence-corrected chi connectivity index (χ1v) is 32.6. The van der Waals surface area contributed by atoms with Gasteiger partial charge in [-0.1, -0.05) is 273 Å². The van der Waals surface area contributed by atoms with Gasteiger partial charge < -0.3 is 14.2 Å². The van der Waals surface area contributed by atoms with Crippen molar-refractivity contribution >= 4 is 17.9 Å². The first-order chi connectivity index (χ1) is 37.5. The summed E-state index contributed by atoms with van der Waals surface area (Å²) in [7, 11) is 0. The maximum atomic E-state index is 12.9. The molecular weight excluding hydrogens is 937 g/mol. The van der Waals surface area contributed by atoms with Crippen LogP contribution in [0.1, 0.15) is 323 Å². The zero-order chi connectivity index (χ0) is 55.0. The molecule has 0 aromatic carbocycles. The maximum Gasteiger partial charge on any atom is 0.306 e. The normalized spacial score (nSPS) is 12.6. The minimum absolute atomic E-state index is 0.0910. The molecular formula is C70H122O6. The molecule has 0 amide bonds. The van der Waals surface area contributed by atoms with Gasteiger partial charge >= 0.3 is 17.9 Å². The lowest BCUT2D eigenvalue weighted by atomic mass is 10.0. The summed E-state index contributed by atoms with van der Waals surface area (Å²) < 4.78 is 16.9. The summed E-state index contributed by atoms with van der Waals surface area (Å²) in [5.41, 5.74) is 0. The van der Waals surface area contributed by atoms with Gasteiger partial charge in [0.1, 0.15) is 13.2 Å². The highest BCUT2D eigenvalue weighted by molar-refractivity contribution is 5.71. The topological polar surface area (TPSA) is 78.9 Å². The van der Waals surface area contributed by atoms with Gasteiger partial charge in [-0.3, -0.25) is 14.4 Å². The summed E-state index contributed by atoms with van der Waals surface area (Å²) in [6.45, 7) is 6.50. The molecule has 6 heteroatoms. The average molecular weight is 1060 g/mol. The van der Waals surface area contributed by atoms with Crippen molar-refractivity contribution in [2.45, 2.75) is 329 Å². The minimum atomic E-state index is -0.798. The van der Waals surface area contributed by atoms with Crippen LogP contribution in [-0.4, -0.2) is 37.2 Å². The zero-order valence-electron chi connectivity index (χ0n) is 50.3. The molecule has 0 fully saturated rings. The Kier molecular flexibility index (Phi) is 61.2. The molecule has 438 valence electrons. The molecule has 0 spiro atoms. The third-order valence-electron chi connectivity index (χ3n) is 14.1. The first kappa shape index (κ1) is 72.6. The van der Waals surface area contributed by atoms with Crippen LogP contribution in [0.15, 0.2) is 85.1 Å². The second kappa shape index (κ2) is 64.1. The van der Waals surface area contributed by atoms with Crippen molar-refractivity contribution in [1.29, 1.82) is 0 Å². The molecule has 0 heterocycles. The number of allylic oxidation sites excluding steroid dienone is 14. The zero-order valence-corrected chi connectivity index (χ0v) is 50.3. The van der Waals surface area contributed by atoms with Crippen LogP contribution in [0.4, 0.5) is 0 Å². The summed E-state index contributed by atoms with van der Waals surface area (Å²) in [4.78, 5) is 38.3. The van der Waals surface area contributed by atoms with Crippen LogP contribution in [-0.2, 0) is 28.6 Å². The van der Waals surface area contributed by atoms with E-state index >= 15 is 0 Å². The Labute approximate surface area is 471 Å². The van der Waals surface area contributed by atoms with E-state index in [1.165, 1.54) is 180 Å². The van der Waals surface area contributed by atoms with Crippen molar-refractivity contribution in [2.75, 3.05) is 13.2 Å². The van der Waals surface area contributed by atoms with E-state index in [2.05, 4.69) is 106 Å². The fourth-order valence-corrected chi connectivity index (χ4v) is 9.23. The van der Waals surface area contributed by atoms with E-state index in [0.717, 1.165) is 103 Å². The van der Waals surface area contributed by atoms with E-state index in [0.29, 0.717) is 12.8 Å². The van der Waals surface area contributed by atoms with Crippen LogP contribution in [0, 0.1) is 0 Å². The number of hydrogen-bond donors (Lipinski definition) is 0. The standard InChI is InChI=1S/C70H122O6/c1-4-7-10-13-16-19-22-25-27-29-31-32-33-34-35-36-37-38-40-41-43-45-48-51-54-57-60-63-69(72)75-66-67(65-74-68(71)62-59-56-53-50-47-24-21-18-15-12-9-6-3)76-70(73)64-61-58-55-52-49-46-44-42-39-30-28-26-23-20-17-14-11-8-5-2/h8,11,17-18,20-21,26,28-29,31,39,42,46,49,67H,4-7,9-10,12-16,19,22-25,27,30,32-38,40-41,43-45,47-48,50-66H2,1-3H3/b11-8-,20-17-,21-18-,28-26-,31-29-,42-39-,49-46-. The van der Waals surface area contributed by atoms with Crippen LogP contribution in [0.25, 0.3) is 0 Å². The average Bonchev–Trinajstić information content (AvgIpc) is 3.42. The van der Waals surface area contributed by atoms with Crippen LogP contribution in [0.5, 0.6) is 0 Å². The molecule has 0 rings (SSSR count). The van der Waals surface area contributed by atoms with Crippen LogP contribution >= 0.6 is 0 Å². The predicted octanol–water partition coefficient (Wildman–Crippen LogP) is 22.3. The highest BCUT2D eigenvalue weighted by Crippen LogP contribution is 2.16. The molecule has 0 saturated heterocycles. The van der Waals surface area contributed by atoms with Crippen molar-refractivity contribution in [3.05, 3.63) is 85.1 Å². The van der Waals surface area contributed by atoms with Crippen LogP contribution in [0.3, 0.4) is 0 Å². The van der Waals surface area contributed by atoms with Gasteiger partial charge in [-0.2, -0.15) is 0 Å². The number of rotatable bonds is 59. The molecule has 0 saturated carbocycles. The second-order valence-corrected chi connectivity index (χ2v) is 21.6. The molecule has 0 aliphatic heterocycles. The Morgan fingerprint density at radius 3 is 0.855 bits per heavy atom. The molecule has 0 bridgehead atoms. The highest BCUT2D eigenvalue weighted by atomic mass is 16.6. The lowest BCUT2D eigenvalue weighted by molar-refractivity contribution is -0.167. The molecule has 0 radical (unpaired) electrons. The van der Waals surface area contributed by atoms with Gasteiger partial charge in [0.05, 0.1) is 0 Å². The van der Waals surface area contributed by atoms with Crippen molar-refractivity contribution in [3.8, 4) is 0 Å². The van der Waals surface area contributed by atoms with Gasteiger partial charge in [-0.05, 0) is 116 Å². The monoisotopic (exact) mass is 1060 g/mol. The number of hydrogen-bond acceptors (Lipinski definition) is 6. The Bertz CT molecular complexity index is 1450. The van der Waals surface area contributed by atoms with Crippen molar-refractivity contribution in [1.82, 2.24) is 0 Å². The molecule has 0 aromatic rings. The lowest BCUT2D eigenvalue weighted by Crippen LogP contribution is -2.30. The Balaban J connectivity index is 4.28. The SMILES string of the molecule is CC/C=C\C/C=C\C/C=C\C/C=C\C/C=C\CCCCCC(=O)OC(COC(=O)CCCCCCC/C=C\CCCCC)COC(=O)CCCCCCCCCCCCCCCCC/C=C\CCCCCCCCCC. The minimum Gasteiger partial charge on any atom is -0.462 e. The largest absolute Gasteiger partial charge is 0.462 e. The van der Waals surface area contributed by atoms with Gasteiger partial charge in [0, 0.05) is 19.3 Å². The number of esters is 3. The molecule has 1 atom stereocenters. The maximum absolute atomic E-state index is 12.9. The Morgan fingerprint density at radius 1 is 0.276 bits per heavy atom. The molecule has 0 N–H and O–H groups in total. The van der Waals surface area contributed by atoms with E-state index in [1.807, 2.05) is 0 Å². The smallest absolute Gasteiger partial charge is 0.306 e. The summed E-state index contributed by atoms with van der Waals surface area (Å²) >= 11 is 0. The molecule has 0 aliphatic rings. The third-order valence-corrected chi connectivity index (χ3v) is 14.1. The van der Waals surface area contributed by atoms with E-state index in [1.54, 1.807) is 0 Å². The summed E-state index contributed by atoms with van der Waals surface area (Å²) in [5, 5.41) is 0. The number of ether oxygens (including phenoxy) is 3. The lowest BCUT2D eigenvalue weighted by Gasteiger charge is -2.18. The fraction of sp³-hybridized carbons (Fsp3) is 0.757. The highest BCUT2D eigenvalue weighted by Gasteiger charge is 2.19. The van der Waals surface area contributed by atoms with E-state index in [-0.39, 0.29) is 37.5 Å². The van der Waals surface area contributed by atoms with Gasteiger partial charge in [0.25, 0.3) is 0 Å². The molecule has 76 heavy (non-hydrogen) atoms. The molecule has 0 aromatic heterocycles. The quantitative estimate of drug-likeness (QED) is 0.0261. The van der Waals surface area contributed by atoms with Gasteiger partial charge in [-0.25, -0.2) is 0 Å². The second-order valence-electron chi connectivity index (χ2n) is 21.6. The van der Waals surface area contributed by atoms with Crippen LogP contribution in [0.2, 0.25) is 0 Å². The Morgan fingerprint density at radius 2 is 0.513 bits per heavy atom. The van der Waals surface area contributed by atoms with Crippen molar-refractivity contribution in [3.63, 3.8) is 0 Å². The first-order valence-electron chi connectivity index (χ1n) is 32.6. The summed E-state index contributed by atoms with van der Waals surface area (Å²) in [6.07, 6.45) is 84.6. The molecule has 1 unspecified atom stereocenters. The van der Waals surface area contributed by atoms with Gasteiger partial charge in [0.15, 0.2) is 6.10 Å². The van der Waals surface area contributed by atoms with E-state index < -0.39 is 6.10 Å². The number of carbonyl (C=O) groups excluding carboxylic acids is 3. The number of carbonyl (C=O) groups is 3. The van der Waals surface area contributed by atoms with Crippen molar-refractivity contribution in [2.24, 2.45) is 0 Å². The van der Waals surface area contributed by atoms with E-state index in [9.17, 15) is 14.4 Å². The molecule has 6 nitrogen and oxygen atoms in total. The third kappa shape index (κ3) is 61.4. The predicted molar refractivity (Wildman–Crippen MR) is 330 cm³/mol. The fourth-order valence-electron chi connectivity index (χ4n) is 9.23. The van der Waals surface area contributed by atoms with Crippen molar-refractivity contribution < 1.29 is 28.6 Å². The number of unbranched alkanes of at least 4 members (excludes halogenated alkanes) is 34. The Hall–Kier alpha value is -3.41. The van der Waals surface area contributed by atoms with Gasteiger partial charge in [-0.15, -0.1) is 0 Å². The molecule has 0 aliphatic carbocycles. The summed E-state index contributed by atoms with van der Waals surface area (Å²) in [5.74, 6) is -0.922. The van der Waals surface area contributed by atoms with E-state index in [4.69, 9.17) is 14.2 Å².